The quantitative estimate of drug-likeness (QED) is 0.0211. The standard InChI is InChI=1S/C57H95NO8/c1-6-8-10-12-14-16-18-20-22-24-26-27-28-29-30-32-34-36-38-40-42-44-46-48-55(60)66-53(52-65-57(56(61)62)63-50-49-58(3,4)5)51-64-54(59)47-45-43-41-39-37-35-33-31-25-23-21-19-17-15-13-11-9-7-2/h8,10,14,16-17,19-20,22-23,25-27,29-30,34,36,53,57H,6-7,9,11-13,15,18,21,24,28,31-33,35,37-52H2,1-5H3/p+1/b10-8-,16-14-,19-17-,22-20-,25-23-,27-26-,30-29-,36-34-. The molecule has 0 spiro atoms. The van der Waals surface area contributed by atoms with Crippen LogP contribution in [0.15, 0.2) is 97.2 Å². The van der Waals surface area contributed by atoms with E-state index < -0.39 is 24.3 Å². The predicted octanol–water partition coefficient (Wildman–Crippen LogP) is 14.6. The SMILES string of the molecule is CC/C=C\C/C=C\C/C=C\C/C=C\C/C=C\C/C=C\CCCCCCC(=O)OC(COC(=O)CCCCCCCCC/C=C\C/C=C\CCCCCC)COC(OCC[N+](C)(C)C)C(=O)O. The summed E-state index contributed by atoms with van der Waals surface area (Å²) in [5, 5.41) is 9.67. The minimum Gasteiger partial charge on any atom is -0.477 e. The molecule has 2 unspecified atom stereocenters. The van der Waals surface area contributed by atoms with Gasteiger partial charge >= 0.3 is 17.9 Å². The van der Waals surface area contributed by atoms with Crippen LogP contribution >= 0.6 is 0 Å². The minimum atomic E-state index is -1.52. The molecule has 1 N–H and O–H groups in total. The van der Waals surface area contributed by atoms with Gasteiger partial charge in [0, 0.05) is 12.8 Å². The smallest absolute Gasteiger partial charge is 0.361 e. The predicted molar refractivity (Wildman–Crippen MR) is 276 cm³/mol. The first-order chi connectivity index (χ1) is 32.1. The van der Waals surface area contributed by atoms with Crippen molar-refractivity contribution in [2.45, 2.75) is 200 Å². The number of carbonyl (C=O) groups is 3. The second kappa shape index (κ2) is 47.7. The van der Waals surface area contributed by atoms with Gasteiger partial charge in [-0.1, -0.05) is 175 Å². The van der Waals surface area contributed by atoms with Crippen LogP contribution in [0.3, 0.4) is 0 Å². The van der Waals surface area contributed by atoms with Crippen LogP contribution in [0, 0.1) is 0 Å². The molecule has 9 nitrogen and oxygen atoms in total. The normalized spacial score (nSPS) is 13.7. The number of quaternary nitrogens is 1. The highest BCUT2D eigenvalue weighted by molar-refractivity contribution is 5.71. The fourth-order valence-electron chi connectivity index (χ4n) is 6.57. The fourth-order valence-corrected chi connectivity index (χ4v) is 6.57. The van der Waals surface area contributed by atoms with E-state index in [0.29, 0.717) is 17.4 Å². The summed E-state index contributed by atoms with van der Waals surface area (Å²) in [4.78, 5) is 37.3. The van der Waals surface area contributed by atoms with Gasteiger partial charge in [0.25, 0.3) is 6.29 Å². The summed E-state index contributed by atoms with van der Waals surface area (Å²) < 4.78 is 22.8. The third-order valence-corrected chi connectivity index (χ3v) is 10.6. The lowest BCUT2D eigenvalue weighted by atomic mass is 10.1. The van der Waals surface area contributed by atoms with Crippen LogP contribution in [0.25, 0.3) is 0 Å². The van der Waals surface area contributed by atoms with Gasteiger partial charge in [0.2, 0.25) is 0 Å². The minimum absolute atomic E-state index is 0.175. The zero-order chi connectivity index (χ0) is 48.4. The first-order valence-corrected chi connectivity index (χ1v) is 25.9. The Morgan fingerprint density at radius 2 is 0.864 bits per heavy atom. The number of rotatable bonds is 46. The molecular formula is C57H96NO8+. The molecule has 0 bridgehead atoms. The number of esters is 2. The van der Waals surface area contributed by atoms with Gasteiger partial charge in [0.1, 0.15) is 13.2 Å². The molecule has 0 aliphatic rings. The molecule has 0 fully saturated rings. The third kappa shape index (κ3) is 48.2. The molecule has 0 heterocycles. The van der Waals surface area contributed by atoms with Crippen molar-refractivity contribution in [2.24, 2.45) is 0 Å². The van der Waals surface area contributed by atoms with E-state index in [1.807, 2.05) is 21.1 Å². The number of allylic oxidation sites excluding steroid dienone is 16. The van der Waals surface area contributed by atoms with Crippen LogP contribution < -0.4 is 0 Å². The van der Waals surface area contributed by atoms with Gasteiger partial charge < -0.3 is 28.5 Å². The number of ether oxygens (including phenoxy) is 4. The lowest BCUT2D eigenvalue weighted by Gasteiger charge is -2.25. The molecule has 0 saturated heterocycles. The van der Waals surface area contributed by atoms with E-state index in [-0.39, 0.29) is 38.6 Å². The number of carbonyl (C=O) groups excluding carboxylic acids is 2. The Balaban J connectivity index is 4.44. The highest BCUT2D eigenvalue weighted by Gasteiger charge is 2.25. The number of aliphatic carboxylic acids is 1. The van der Waals surface area contributed by atoms with Crippen molar-refractivity contribution in [3.05, 3.63) is 97.2 Å². The van der Waals surface area contributed by atoms with Gasteiger partial charge in [0.15, 0.2) is 6.10 Å². The summed E-state index contributed by atoms with van der Waals surface area (Å²) in [6, 6.07) is 0. The van der Waals surface area contributed by atoms with Crippen LogP contribution in [0.1, 0.15) is 187 Å². The Labute approximate surface area is 403 Å². The molecule has 9 heteroatoms. The average molecular weight is 923 g/mol. The Kier molecular flexibility index (Phi) is 45.0. The maximum Gasteiger partial charge on any atom is 0.361 e. The average Bonchev–Trinajstić information content (AvgIpc) is 3.28. The second-order valence-corrected chi connectivity index (χ2v) is 18.1. The van der Waals surface area contributed by atoms with Crippen molar-refractivity contribution in [3.8, 4) is 0 Å². The van der Waals surface area contributed by atoms with E-state index in [2.05, 4.69) is 111 Å². The zero-order valence-electron chi connectivity index (χ0n) is 42.6. The van der Waals surface area contributed by atoms with E-state index in [9.17, 15) is 19.5 Å². The van der Waals surface area contributed by atoms with E-state index in [1.54, 1.807) is 0 Å². The lowest BCUT2D eigenvalue weighted by molar-refractivity contribution is -0.870. The van der Waals surface area contributed by atoms with Crippen LogP contribution in [0.4, 0.5) is 0 Å². The van der Waals surface area contributed by atoms with E-state index in [4.69, 9.17) is 18.9 Å². The zero-order valence-corrected chi connectivity index (χ0v) is 42.6. The number of unbranched alkanes of at least 4 members (excludes halogenated alkanes) is 15. The largest absolute Gasteiger partial charge is 0.477 e. The van der Waals surface area contributed by atoms with E-state index >= 15 is 0 Å². The molecule has 2 atom stereocenters. The summed E-state index contributed by atoms with van der Waals surface area (Å²) in [6.07, 6.45) is 60.4. The summed E-state index contributed by atoms with van der Waals surface area (Å²) in [5.41, 5.74) is 0. The van der Waals surface area contributed by atoms with Crippen LogP contribution in [0.5, 0.6) is 0 Å². The first kappa shape index (κ1) is 62.2. The first-order valence-electron chi connectivity index (χ1n) is 25.9. The van der Waals surface area contributed by atoms with Gasteiger partial charge in [-0.05, 0) is 96.3 Å². The van der Waals surface area contributed by atoms with Gasteiger partial charge in [-0.15, -0.1) is 0 Å². The number of carboxylic acid groups (broad SMARTS) is 1. The molecular weight excluding hydrogens is 827 g/mol. The summed E-state index contributed by atoms with van der Waals surface area (Å²) >= 11 is 0. The molecule has 0 aliphatic carbocycles. The highest BCUT2D eigenvalue weighted by Crippen LogP contribution is 2.13. The van der Waals surface area contributed by atoms with Crippen molar-refractivity contribution in [1.29, 1.82) is 0 Å². The van der Waals surface area contributed by atoms with Crippen molar-refractivity contribution >= 4 is 17.9 Å². The summed E-state index contributed by atoms with van der Waals surface area (Å²) in [5.74, 6) is -2.06. The molecule has 0 aromatic rings. The monoisotopic (exact) mass is 923 g/mol. The number of likely N-dealkylation sites (N-methyl/N-ethyl adjacent to an activating group) is 1. The topological polar surface area (TPSA) is 108 Å². The van der Waals surface area contributed by atoms with Gasteiger partial charge in [0.05, 0.1) is 34.4 Å². The Bertz CT molecular complexity index is 1400. The summed E-state index contributed by atoms with van der Waals surface area (Å²) in [7, 11) is 5.94. The molecule has 0 rings (SSSR count). The van der Waals surface area contributed by atoms with Crippen LogP contribution in [0.2, 0.25) is 0 Å². The number of carboxylic acids is 1. The van der Waals surface area contributed by atoms with Crippen molar-refractivity contribution in [1.82, 2.24) is 0 Å². The maximum atomic E-state index is 12.8. The van der Waals surface area contributed by atoms with Crippen molar-refractivity contribution < 1.29 is 42.9 Å². The van der Waals surface area contributed by atoms with E-state index in [0.717, 1.165) is 103 Å². The Hall–Kier alpha value is -3.79. The molecule has 0 aromatic heterocycles. The molecule has 66 heavy (non-hydrogen) atoms. The molecule has 0 saturated carbocycles. The van der Waals surface area contributed by atoms with Crippen molar-refractivity contribution in [3.63, 3.8) is 0 Å². The van der Waals surface area contributed by atoms with Gasteiger partial charge in [-0.3, -0.25) is 9.59 Å². The molecule has 0 aliphatic heterocycles. The van der Waals surface area contributed by atoms with Gasteiger partial charge in [-0.2, -0.15) is 0 Å². The third-order valence-electron chi connectivity index (χ3n) is 10.6. The second-order valence-electron chi connectivity index (χ2n) is 18.1. The maximum absolute atomic E-state index is 12.8. The number of hydrogen-bond donors (Lipinski definition) is 1. The lowest BCUT2D eigenvalue weighted by Crippen LogP contribution is -2.40. The number of nitrogens with zero attached hydrogens (tertiary/aromatic N) is 1. The molecule has 0 amide bonds. The Morgan fingerprint density at radius 3 is 1.29 bits per heavy atom. The summed E-state index contributed by atoms with van der Waals surface area (Å²) in [6.45, 7) is 4.69. The van der Waals surface area contributed by atoms with Gasteiger partial charge in [-0.25, -0.2) is 4.79 Å². The van der Waals surface area contributed by atoms with Crippen molar-refractivity contribution in [2.75, 3.05) is 47.5 Å². The number of hydrogen-bond acceptors (Lipinski definition) is 7. The van der Waals surface area contributed by atoms with Crippen LogP contribution in [-0.4, -0.2) is 87.4 Å². The fraction of sp³-hybridized carbons (Fsp3) is 0.667. The van der Waals surface area contributed by atoms with E-state index in [1.165, 1.54) is 51.4 Å². The van der Waals surface area contributed by atoms with Crippen LogP contribution in [-0.2, 0) is 33.3 Å². The Morgan fingerprint density at radius 1 is 0.470 bits per heavy atom. The highest BCUT2D eigenvalue weighted by atomic mass is 16.7. The molecule has 0 aromatic carbocycles. The molecule has 0 radical (unpaired) electrons. The molecule has 376 valence electrons.